The number of nitrogens with zero attached hydrogens (tertiary/aromatic N) is 1. The lowest BCUT2D eigenvalue weighted by Crippen LogP contribution is -2.40. The fourth-order valence-electron chi connectivity index (χ4n) is 1.90. The Morgan fingerprint density at radius 1 is 1.40 bits per heavy atom. The van der Waals surface area contributed by atoms with Gasteiger partial charge in [-0.05, 0) is 6.92 Å². The highest BCUT2D eigenvalue weighted by molar-refractivity contribution is 5.64. The number of aliphatic hydroxyl groups is 1. The molecule has 0 spiro atoms. The van der Waals surface area contributed by atoms with Crippen molar-refractivity contribution >= 4 is 5.97 Å². The first-order valence-corrected chi connectivity index (χ1v) is 5.51. The lowest BCUT2D eigenvalue weighted by molar-refractivity contribution is -0.307. The van der Waals surface area contributed by atoms with E-state index in [9.17, 15) is 9.90 Å². The third-order valence-corrected chi connectivity index (χ3v) is 2.81. The molecule has 1 atom stereocenters. The maximum Gasteiger partial charge on any atom is 0.103 e. The first-order valence-electron chi connectivity index (χ1n) is 5.51. The van der Waals surface area contributed by atoms with Gasteiger partial charge in [-0.15, -0.1) is 0 Å². The molecule has 15 heavy (non-hydrogen) atoms. The number of piperidine rings is 3. The Hall–Kier alpha value is -0.740. The summed E-state index contributed by atoms with van der Waals surface area (Å²) >= 11 is 0. The van der Waals surface area contributed by atoms with E-state index in [1.807, 2.05) is 5.92 Å². The Kier molecular flexibility index (Phi) is 4.91. The van der Waals surface area contributed by atoms with Gasteiger partial charge in [0.25, 0.3) is 0 Å². The maximum atomic E-state index is 9.54. The number of aliphatic carboxylic acids is 1. The van der Waals surface area contributed by atoms with Crippen LogP contribution in [-0.2, 0) is 4.79 Å². The van der Waals surface area contributed by atoms with E-state index in [4.69, 9.17) is 5.11 Å². The molecule has 0 saturated carbocycles. The number of carbonyl (C=O) groups is 1. The largest absolute Gasteiger partial charge is 0.550 e. The summed E-state index contributed by atoms with van der Waals surface area (Å²) in [7, 11) is 0. The monoisotopic (exact) mass is 213 g/mol. The average Bonchev–Trinajstić information content (AvgIpc) is 2.19. The van der Waals surface area contributed by atoms with Crippen LogP contribution in [0.15, 0.2) is 0 Å². The average molecular weight is 213 g/mol. The first-order chi connectivity index (χ1) is 7.08. The summed E-state index contributed by atoms with van der Waals surface area (Å²) in [6, 6.07) is 0. The van der Waals surface area contributed by atoms with Crippen LogP contribution in [0.2, 0.25) is 0 Å². The molecule has 86 valence electrons. The summed E-state index contributed by atoms with van der Waals surface area (Å²) < 4.78 is 0. The Labute approximate surface area is 90.9 Å². The smallest absolute Gasteiger partial charge is 0.103 e. The maximum absolute atomic E-state index is 9.54. The van der Waals surface area contributed by atoms with Gasteiger partial charge in [0.05, 0.1) is 12.0 Å². The fourth-order valence-corrected chi connectivity index (χ4v) is 1.90. The molecular formula is C11H19NO3. The summed E-state index contributed by atoms with van der Waals surface area (Å²) in [5, 5.41) is 17.8. The zero-order valence-electron chi connectivity index (χ0n) is 9.24. The van der Waals surface area contributed by atoms with Gasteiger partial charge in [0.2, 0.25) is 0 Å². The molecule has 3 aliphatic rings. The third kappa shape index (κ3) is 5.04. The van der Waals surface area contributed by atoms with Gasteiger partial charge >= 0.3 is 0 Å². The van der Waals surface area contributed by atoms with Crippen molar-refractivity contribution in [2.75, 3.05) is 19.6 Å². The van der Waals surface area contributed by atoms with Gasteiger partial charge in [-0.3, -0.25) is 4.90 Å². The molecule has 1 N–H and O–H groups in total. The van der Waals surface area contributed by atoms with Crippen LogP contribution in [0.3, 0.4) is 0 Å². The molecule has 3 heterocycles. The molecule has 0 aliphatic carbocycles. The summed E-state index contributed by atoms with van der Waals surface area (Å²) in [4.78, 5) is 12.1. The minimum atomic E-state index is -1.21. The molecule has 3 saturated heterocycles. The number of fused-ring (bicyclic) bond motifs is 3. The van der Waals surface area contributed by atoms with Gasteiger partial charge < -0.3 is 15.0 Å². The second-order valence-corrected chi connectivity index (χ2v) is 4.27. The van der Waals surface area contributed by atoms with Crippen molar-refractivity contribution in [3.05, 3.63) is 5.92 Å². The lowest BCUT2D eigenvalue weighted by Gasteiger charge is -2.31. The first kappa shape index (κ1) is 12.3. The summed E-state index contributed by atoms with van der Waals surface area (Å²) in [6.07, 6.45) is 3.14. The Morgan fingerprint density at radius 2 is 1.87 bits per heavy atom. The van der Waals surface area contributed by atoms with E-state index in [1.54, 1.807) is 0 Å². The summed E-state index contributed by atoms with van der Waals surface area (Å²) in [5.74, 6) is 0.613. The van der Waals surface area contributed by atoms with Crippen LogP contribution < -0.4 is 5.11 Å². The zero-order valence-corrected chi connectivity index (χ0v) is 9.24. The van der Waals surface area contributed by atoms with Crippen molar-refractivity contribution in [2.45, 2.75) is 38.7 Å². The second-order valence-electron chi connectivity index (χ2n) is 4.27. The van der Waals surface area contributed by atoms with E-state index in [0.29, 0.717) is 0 Å². The quantitative estimate of drug-likeness (QED) is 0.632. The van der Waals surface area contributed by atoms with Crippen molar-refractivity contribution in [3.8, 4) is 0 Å². The molecule has 3 aliphatic heterocycles. The highest BCUT2D eigenvalue weighted by atomic mass is 16.4. The minimum Gasteiger partial charge on any atom is -0.550 e. The molecule has 0 aromatic rings. The van der Waals surface area contributed by atoms with E-state index in [2.05, 4.69) is 4.90 Å². The SMILES string of the molecule is C1CN2CC[C+]1CC2.C[C@@H](O)CC(=O)[O-]. The zero-order chi connectivity index (χ0) is 11.3. The standard InChI is InChI=1S/C7H12N.C4H8O3/c1-4-8-5-2-7(1)3-6-8;1-3(5)2-4(6)7/h1-6H2;3,5H,2H2,1H3,(H,6,7)/q+1;/p-1/t;3-/m.1/s1. The van der Waals surface area contributed by atoms with E-state index in [0.717, 1.165) is 0 Å². The van der Waals surface area contributed by atoms with Crippen LogP contribution in [0.5, 0.6) is 0 Å². The molecular weight excluding hydrogens is 194 g/mol. The van der Waals surface area contributed by atoms with Crippen molar-refractivity contribution in [3.63, 3.8) is 0 Å². The minimum absolute atomic E-state index is 0.278. The number of hydrogen-bond donors (Lipinski definition) is 1. The Bertz CT molecular complexity index is 175. The highest BCUT2D eigenvalue weighted by Crippen LogP contribution is 2.28. The van der Waals surface area contributed by atoms with Crippen LogP contribution in [-0.4, -0.2) is 41.7 Å². The van der Waals surface area contributed by atoms with Gasteiger partial charge in [-0.25, -0.2) is 0 Å². The van der Waals surface area contributed by atoms with Crippen LogP contribution in [0.1, 0.15) is 32.6 Å². The molecule has 0 amide bonds. The van der Waals surface area contributed by atoms with Gasteiger partial charge in [0.15, 0.2) is 0 Å². The molecule has 0 aromatic carbocycles. The van der Waals surface area contributed by atoms with Crippen LogP contribution in [0.4, 0.5) is 0 Å². The van der Waals surface area contributed by atoms with Gasteiger partial charge in [0, 0.05) is 32.0 Å². The second kappa shape index (κ2) is 5.98. The van der Waals surface area contributed by atoms with Crippen molar-refractivity contribution in [2.24, 2.45) is 0 Å². The number of carboxylic acids is 1. The van der Waals surface area contributed by atoms with Gasteiger partial charge in [-0.2, -0.15) is 0 Å². The number of hydrogen-bond acceptors (Lipinski definition) is 4. The topological polar surface area (TPSA) is 63.6 Å². The van der Waals surface area contributed by atoms with E-state index < -0.39 is 12.1 Å². The fraction of sp³-hybridized carbons (Fsp3) is 0.818. The Morgan fingerprint density at radius 3 is 1.93 bits per heavy atom. The molecule has 2 bridgehead atoms. The number of carboxylic acid groups (broad SMARTS) is 1. The van der Waals surface area contributed by atoms with Crippen LogP contribution >= 0.6 is 0 Å². The van der Waals surface area contributed by atoms with E-state index in [1.165, 1.54) is 45.8 Å². The molecule has 3 rings (SSSR count). The number of aliphatic hydroxyl groups excluding tert-OH is 1. The molecule has 0 aromatic heterocycles. The molecule has 4 heteroatoms. The van der Waals surface area contributed by atoms with Crippen molar-refractivity contribution < 1.29 is 15.0 Å². The summed E-state index contributed by atoms with van der Waals surface area (Å²) in [5.41, 5.74) is 0. The number of carbonyl (C=O) groups excluding carboxylic acids is 1. The Balaban J connectivity index is 0.000000153. The van der Waals surface area contributed by atoms with Crippen LogP contribution in [0.25, 0.3) is 0 Å². The lowest BCUT2D eigenvalue weighted by atomic mass is 9.89. The normalized spacial score (nSPS) is 21.9. The van der Waals surface area contributed by atoms with E-state index in [-0.39, 0.29) is 6.42 Å². The molecule has 4 nitrogen and oxygen atoms in total. The van der Waals surface area contributed by atoms with Crippen molar-refractivity contribution in [1.82, 2.24) is 4.90 Å². The highest BCUT2D eigenvalue weighted by Gasteiger charge is 2.33. The predicted molar refractivity (Wildman–Crippen MR) is 54.8 cm³/mol. The van der Waals surface area contributed by atoms with Gasteiger partial charge in [-0.1, -0.05) is 0 Å². The molecule has 0 radical (unpaired) electrons. The molecule has 0 unspecified atom stereocenters. The van der Waals surface area contributed by atoms with Gasteiger partial charge in [0.1, 0.15) is 19.3 Å². The third-order valence-electron chi connectivity index (χ3n) is 2.81. The van der Waals surface area contributed by atoms with Crippen molar-refractivity contribution in [1.29, 1.82) is 0 Å². The molecule has 3 fully saturated rings. The van der Waals surface area contributed by atoms with E-state index >= 15 is 0 Å². The predicted octanol–water partition coefficient (Wildman–Crippen LogP) is -0.432. The van der Waals surface area contributed by atoms with Crippen LogP contribution in [0, 0.1) is 5.92 Å². The number of rotatable bonds is 2. The summed E-state index contributed by atoms with van der Waals surface area (Å²) in [6.45, 7) is 5.47.